The monoisotopic (exact) mass is 255 g/mol. The maximum atomic E-state index is 10.7. The van der Waals surface area contributed by atoms with Gasteiger partial charge in [-0.25, -0.2) is 0 Å². The number of hydrogen-bond acceptors (Lipinski definition) is 3. The fourth-order valence-electron chi connectivity index (χ4n) is 2.05. The molecule has 0 aliphatic rings. The Labute approximate surface area is 112 Å². The third-order valence-corrected chi connectivity index (χ3v) is 3.02. The van der Waals surface area contributed by atoms with Crippen LogP contribution in [0, 0.1) is 0 Å². The van der Waals surface area contributed by atoms with E-state index in [0.717, 1.165) is 30.4 Å². The molecule has 1 amide bonds. The summed E-state index contributed by atoms with van der Waals surface area (Å²) in [6.07, 6.45) is 10.4. The summed E-state index contributed by atoms with van der Waals surface area (Å²) in [6, 6.07) is 5.98. The molecule has 0 saturated carbocycles. The molecule has 0 saturated heterocycles. The summed E-state index contributed by atoms with van der Waals surface area (Å²) in [5.41, 5.74) is 8.63. The Bertz CT molecular complexity index is 540. The van der Waals surface area contributed by atoms with Gasteiger partial charge >= 0.3 is 0 Å². The number of nitrogens with two attached hydrogens (primary N) is 1. The summed E-state index contributed by atoms with van der Waals surface area (Å²) in [6.45, 7) is 0. The minimum atomic E-state index is -0.232. The van der Waals surface area contributed by atoms with Gasteiger partial charge in [0, 0.05) is 36.8 Å². The van der Waals surface area contributed by atoms with Crippen molar-refractivity contribution in [1.82, 2.24) is 9.97 Å². The van der Waals surface area contributed by atoms with Gasteiger partial charge in [-0.3, -0.25) is 14.8 Å². The second kappa shape index (κ2) is 6.64. The molecule has 0 bridgehead atoms. The van der Waals surface area contributed by atoms with Gasteiger partial charge in [-0.2, -0.15) is 0 Å². The number of aryl methyl sites for hydroxylation is 1. The molecule has 2 rings (SSSR count). The summed E-state index contributed by atoms with van der Waals surface area (Å²) in [7, 11) is 0. The van der Waals surface area contributed by atoms with Crippen LogP contribution in [0.1, 0.15) is 24.8 Å². The van der Waals surface area contributed by atoms with Crippen LogP contribution in [0.4, 0.5) is 0 Å². The van der Waals surface area contributed by atoms with Crippen molar-refractivity contribution in [2.75, 3.05) is 0 Å². The van der Waals surface area contributed by atoms with Gasteiger partial charge in [0.1, 0.15) is 0 Å². The summed E-state index contributed by atoms with van der Waals surface area (Å²) in [5.74, 6) is -0.232. The molecule has 0 fully saturated rings. The first kappa shape index (κ1) is 13.2. The maximum Gasteiger partial charge on any atom is 0.217 e. The number of rotatable bonds is 6. The zero-order chi connectivity index (χ0) is 13.5. The fourth-order valence-corrected chi connectivity index (χ4v) is 2.05. The quantitative estimate of drug-likeness (QED) is 0.805. The molecular weight excluding hydrogens is 238 g/mol. The molecule has 0 radical (unpaired) electrons. The Balaban J connectivity index is 2.07. The average Bonchev–Trinajstić information content (AvgIpc) is 2.45. The average molecular weight is 255 g/mol. The normalized spacial score (nSPS) is 10.3. The van der Waals surface area contributed by atoms with Crippen LogP contribution in [-0.2, 0) is 11.2 Å². The highest BCUT2D eigenvalue weighted by Gasteiger charge is 2.05. The van der Waals surface area contributed by atoms with Crippen LogP contribution in [0.25, 0.3) is 11.1 Å². The molecule has 98 valence electrons. The number of aromatic nitrogens is 2. The van der Waals surface area contributed by atoms with Crippen LogP contribution in [0.15, 0.2) is 43.0 Å². The van der Waals surface area contributed by atoms with E-state index in [-0.39, 0.29) is 5.91 Å². The fraction of sp³-hybridized carbons (Fsp3) is 0.267. The van der Waals surface area contributed by atoms with E-state index in [4.69, 9.17) is 5.73 Å². The Morgan fingerprint density at radius 3 is 2.53 bits per heavy atom. The van der Waals surface area contributed by atoms with Gasteiger partial charge in [0.05, 0.1) is 0 Å². The molecule has 0 aromatic carbocycles. The number of primary amides is 1. The molecule has 19 heavy (non-hydrogen) atoms. The van der Waals surface area contributed by atoms with Gasteiger partial charge in [0.25, 0.3) is 0 Å². The van der Waals surface area contributed by atoms with Crippen molar-refractivity contribution in [2.24, 2.45) is 5.73 Å². The molecule has 0 aliphatic heterocycles. The smallest absolute Gasteiger partial charge is 0.217 e. The van der Waals surface area contributed by atoms with Gasteiger partial charge in [0.15, 0.2) is 0 Å². The van der Waals surface area contributed by atoms with E-state index in [2.05, 4.69) is 9.97 Å². The van der Waals surface area contributed by atoms with Crippen molar-refractivity contribution in [1.29, 1.82) is 0 Å². The van der Waals surface area contributed by atoms with E-state index in [1.807, 2.05) is 24.4 Å². The number of carbonyl (C=O) groups is 1. The van der Waals surface area contributed by atoms with Crippen LogP contribution in [0.5, 0.6) is 0 Å². The Hall–Kier alpha value is -2.23. The standard InChI is InChI=1S/C15H17N3O/c16-15(19)4-2-1-3-12-7-10-18-11-14(12)13-5-8-17-9-6-13/h5-11H,1-4H2,(H2,16,19). The van der Waals surface area contributed by atoms with Crippen LogP contribution in [0.2, 0.25) is 0 Å². The van der Waals surface area contributed by atoms with E-state index in [0.29, 0.717) is 6.42 Å². The molecule has 2 aromatic rings. The van der Waals surface area contributed by atoms with Crippen LogP contribution >= 0.6 is 0 Å². The molecule has 0 spiro atoms. The molecule has 0 aliphatic carbocycles. The van der Waals surface area contributed by atoms with Gasteiger partial charge in [-0.15, -0.1) is 0 Å². The van der Waals surface area contributed by atoms with Crippen LogP contribution in [-0.4, -0.2) is 15.9 Å². The summed E-state index contributed by atoms with van der Waals surface area (Å²) < 4.78 is 0. The van der Waals surface area contributed by atoms with Gasteiger partial charge in [0.2, 0.25) is 5.91 Å². The summed E-state index contributed by atoms with van der Waals surface area (Å²) in [5, 5.41) is 0. The Kier molecular flexibility index (Phi) is 4.61. The Morgan fingerprint density at radius 1 is 1.05 bits per heavy atom. The number of amides is 1. The van der Waals surface area contributed by atoms with Crippen molar-refractivity contribution < 1.29 is 4.79 Å². The van der Waals surface area contributed by atoms with Gasteiger partial charge < -0.3 is 5.73 Å². The summed E-state index contributed by atoms with van der Waals surface area (Å²) in [4.78, 5) is 18.9. The van der Waals surface area contributed by atoms with Gasteiger partial charge in [-0.1, -0.05) is 0 Å². The highest BCUT2D eigenvalue weighted by Crippen LogP contribution is 2.23. The number of hydrogen-bond donors (Lipinski definition) is 1. The zero-order valence-corrected chi connectivity index (χ0v) is 10.7. The first-order valence-electron chi connectivity index (χ1n) is 6.39. The van der Waals surface area contributed by atoms with E-state index in [1.165, 1.54) is 5.56 Å². The van der Waals surface area contributed by atoms with E-state index in [1.54, 1.807) is 18.6 Å². The SMILES string of the molecule is NC(=O)CCCCc1ccncc1-c1ccncc1. The number of nitrogens with zero attached hydrogens (tertiary/aromatic N) is 2. The van der Waals surface area contributed by atoms with Crippen molar-refractivity contribution >= 4 is 5.91 Å². The Morgan fingerprint density at radius 2 is 1.79 bits per heavy atom. The van der Waals surface area contributed by atoms with Crippen molar-refractivity contribution in [3.63, 3.8) is 0 Å². The van der Waals surface area contributed by atoms with E-state index in [9.17, 15) is 4.79 Å². The number of pyridine rings is 2. The molecule has 4 heteroatoms. The lowest BCUT2D eigenvalue weighted by Crippen LogP contribution is -2.09. The van der Waals surface area contributed by atoms with Crippen molar-refractivity contribution in [3.05, 3.63) is 48.5 Å². The minimum absolute atomic E-state index is 0.232. The maximum absolute atomic E-state index is 10.7. The second-order valence-corrected chi connectivity index (χ2v) is 4.44. The molecule has 0 unspecified atom stereocenters. The lowest BCUT2D eigenvalue weighted by molar-refractivity contribution is -0.118. The van der Waals surface area contributed by atoms with Crippen molar-refractivity contribution in [3.8, 4) is 11.1 Å². The summed E-state index contributed by atoms with van der Waals surface area (Å²) >= 11 is 0. The highest BCUT2D eigenvalue weighted by molar-refractivity contribution is 5.73. The third-order valence-electron chi connectivity index (χ3n) is 3.02. The molecular formula is C15H17N3O. The molecule has 0 atom stereocenters. The van der Waals surface area contributed by atoms with E-state index < -0.39 is 0 Å². The van der Waals surface area contributed by atoms with Gasteiger partial charge in [-0.05, 0) is 48.6 Å². The first-order valence-corrected chi connectivity index (χ1v) is 6.39. The number of unbranched alkanes of at least 4 members (excludes halogenated alkanes) is 1. The number of carbonyl (C=O) groups excluding carboxylic acids is 1. The lowest BCUT2D eigenvalue weighted by atomic mass is 9.98. The molecule has 2 N–H and O–H groups in total. The first-order chi connectivity index (χ1) is 9.27. The molecule has 2 heterocycles. The van der Waals surface area contributed by atoms with Crippen LogP contribution in [0.3, 0.4) is 0 Å². The predicted octanol–water partition coefficient (Wildman–Crippen LogP) is 2.34. The molecule has 2 aromatic heterocycles. The molecule has 4 nitrogen and oxygen atoms in total. The lowest BCUT2D eigenvalue weighted by Gasteiger charge is -2.08. The highest BCUT2D eigenvalue weighted by atomic mass is 16.1. The largest absolute Gasteiger partial charge is 0.370 e. The predicted molar refractivity (Wildman–Crippen MR) is 74.2 cm³/mol. The zero-order valence-electron chi connectivity index (χ0n) is 10.7. The topological polar surface area (TPSA) is 68.9 Å². The van der Waals surface area contributed by atoms with Crippen LogP contribution < -0.4 is 5.73 Å². The second-order valence-electron chi connectivity index (χ2n) is 4.44. The van der Waals surface area contributed by atoms with E-state index >= 15 is 0 Å². The minimum Gasteiger partial charge on any atom is -0.370 e. The third kappa shape index (κ3) is 3.88. The van der Waals surface area contributed by atoms with Crippen molar-refractivity contribution in [2.45, 2.75) is 25.7 Å².